The molecule has 0 heterocycles. The molecular formula is C14H21ClFNO2S. The molecule has 114 valence electrons. The Labute approximate surface area is 126 Å². The third kappa shape index (κ3) is 3.79. The quantitative estimate of drug-likeness (QED) is 0.846. The molecule has 1 rings (SSSR count). The van der Waals surface area contributed by atoms with Gasteiger partial charge in [0.2, 0.25) is 0 Å². The summed E-state index contributed by atoms with van der Waals surface area (Å²) in [5.74, 6) is -0.500. The Hall–Kier alpha value is -0.490. The second kappa shape index (κ2) is 6.52. The fourth-order valence-electron chi connectivity index (χ4n) is 2.55. The van der Waals surface area contributed by atoms with Gasteiger partial charge in [-0.15, -0.1) is 0 Å². The third-order valence-corrected chi connectivity index (χ3v) is 5.24. The van der Waals surface area contributed by atoms with Gasteiger partial charge in [0, 0.05) is 6.61 Å². The van der Waals surface area contributed by atoms with Crippen LogP contribution in [0.4, 0.5) is 4.39 Å². The lowest BCUT2D eigenvalue weighted by Crippen LogP contribution is -2.40. The summed E-state index contributed by atoms with van der Waals surface area (Å²) in [7, 11) is -1.53. The Balaban J connectivity index is 3.28. The molecule has 3 N–H and O–H groups in total. The van der Waals surface area contributed by atoms with Gasteiger partial charge in [-0.05, 0) is 43.7 Å². The Kier molecular flexibility index (Phi) is 5.72. The molecule has 0 aromatic heterocycles. The highest BCUT2D eigenvalue weighted by atomic mass is 35.5. The maximum absolute atomic E-state index is 13.7. The van der Waals surface area contributed by atoms with Crippen LogP contribution in [0.3, 0.4) is 0 Å². The van der Waals surface area contributed by atoms with Crippen molar-refractivity contribution in [3.05, 3.63) is 34.6 Å². The van der Waals surface area contributed by atoms with Crippen LogP contribution in [0.25, 0.3) is 0 Å². The summed E-state index contributed by atoms with van der Waals surface area (Å²) >= 11 is 6.06. The molecule has 0 fully saturated rings. The largest absolute Gasteiger partial charge is 0.396 e. The number of hydrogen-bond donors (Lipinski definition) is 2. The summed E-state index contributed by atoms with van der Waals surface area (Å²) in [6.45, 7) is 5.37. The lowest BCUT2D eigenvalue weighted by Gasteiger charge is -2.37. The molecule has 0 aliphatic carbocycles. The smallest absolute Gasteiger partial charge is 0.142 e. The minimum absolute atomic E-state index is 0.0436. The molecule has 1 aromatic rings. The maximum atomic E-state index is 13.7. The molecule has 3 nitrogen and oxygen atoms in total. The number of aliphatic hydroxyl groups excluding tert-OH is 1. The Bertz CT molecular complexity index is 510. The van der Waals surface area contributed by atoms with Crippen LogP contribution < -0.4 is 5.14 Å². The van der Waals surface area contributed by atoms with Gasteiger partial charge in [-0.1, -0.05) is 30.7 Å². The Morgan fingerprint density at radius 1 is 1.40 bits per heavy atom. The van der Waals surface area contributed by atoms with Gasteiger partial charge in [-0.2, -0.15) is 0 Å². The molecule has 6 heteroatoms. The molecule has 0 aliphatic rings. The maximum Gasteiger partial charge on any atom is 0.142 e. The first-order valence-corrected chi connectivity index (χ1v) is 7.95. The second-order valence-electron chi connectivity index (χ2n) is 5.87. The van der Waals surface area contributed by atoms with E-state index < -0.39 is 27.0 Å². The van der Waals surface area contributed by atoms with Gasteiger partial charge < -0.3 is 5.11 Å². The molecule has 0 aliphatic heterocycles. The number of rotatable bonds is 6. The number of aliphatic hydroxyl groups is 1. The summed E-state index contributed by atoms with van der Waals surface area (Å²) in [4.78, 5) is 0. The standard InChI is InChI=1S/C14H21ClFNO2S/c1-13(2,20(17)19)9-14(3,7-8-18)10-5-4-6-11(16)12(10)15/h4-6,18H,7-9,17H2,1-3H3/t14-,20?/m0/s1. The van der Waals surface area contributed by atoms with Crippen molar-refractivity contribution in [1.82, 2.24) is 0 Å². The number of benzene rings is 1. The van der Waals surface area contributed by atoms with Crippen LogP contribution in [0.15, 0.2) is 18.2 Å². The predicted molar refractivity (Wildman–Crippen MR) is 81.5 cm³/mol. The normalized spacial score (nSPS) is 16.8. The van der Waals surface area contributed by atoms with E-state index in [2.05, 4.69) is 0 Å². The first-order chi connectivity index (χ1) is 9.14. The first kappa shape index (κ1) is 17.6. The predicted octanol–water partition coefficient (Wildman–Crippen LogP) is 2.91. The van der Waals surface area contributed by atoms with Gasteiger partial charge in [0.15, 0.2) is 0 Å². The number of halogens is 2. The molecule has 1 aromatic carbocycles. The SMILES string of the molecule is CC(C)(C[C@](C)(CCO)c1cccc(F)c1Cl)S(N)=O. The highest BCUT2D eigenvalue weighted by Crippen LogP contribution is 2.41. The lowest BCUT2D eigenvalue weighted by molar-refractivity contribution is 0.230. The van der Waals surface area contributed by atoms with E-state index in [0.29, 0.717) is 18.4 Å². The van der Waals surface area contributed by atoms with E-state index in [1.54, 1.807) is 26.0 Å². The van der Waals surface area contributed by atoms with Crippen LogP contribution in [-0.2, 0) is 16.4 Å². The van der Waals surface area contributed by atoms with Gasteiger partial charge in [0.05, 0.1) is 20.8 Å². The minimum atomic E-state index is -1.53. The fraction of sp³-hybridized carbons (Fsp3) is 0.571. The minimum Gasteiger partial charge on any atom is -0.396 e. The van der Waals surface area contributed by atoms with E-state index in [0.717, 1.165) is 0 Å². The van der Waals surface area contributed by atoms with Gasteiger partial charge in [-0.3, -0.25) is 5.14 Å². The van der Waals surface area contributed by atoms with E-state index in [1.807, 2.05) is 6.92 Å². The molecule has 20 heavy (non-hydrogen) atoms. The zero-order valence-electron chi connectivity index (χ0n) is 12.0. The molecule has 1 unspecified atom stereocenters. The first-order valence-electron chi connectivity index (χ1n) is 6.36. The van der Waals surface area contributed by atoms with Gasteiger partial charge in [0.25, 0.3) is 0 Å². The van der Waals surface area contributed by atoms with Crippen LogP contribution >= 0.6 is 11.6 Å². The van der Waals surface area contributed by atoms with Crippen LogP contribution in [0.2, 0.25) is 5.02 Å². The monoisotopic (exact) mass is 321 g/mol. The topological polar surface area (TPSA) is 63.3 Å². The lowest BCUT2D eigenvalue weighted by atomic mass is 9.73. The van der Waals surface area contributed by atoms with Crippen molar-refractivity contribution >= 4 is 22.6 Å². The average molecular weight is 322 g/mol. The van der Waals surface area contributed by atoms with E-state index in [9.17, 15) is 13.7 Å². The van der Waals surface area contributed by atoms with Crippen LogP contribution in [0.1, 0.15) is 39.2 Å². The Morgan fingerprint density at radius 3 is 2.50 bits per heavy atom. The van der Waals surface area contributed by atoms with Crippen molar-refractivity contribution in [1.29, 1.82) is 0 Å². The molecule has 0 radical (unpaired) electrons. The highest BCUT2D eigenvalue weighted by Gasteiger charge is 2.38. The number of nitrogens with two attached hydrogens (primary N) is 1. The Morgan fingerprint density at radius 2 is 2.00 bits per heavy atom. The third-order valence-electron chi connectivity index (χ3n) is 3.63. The highest BCUT2D eigenvalue weighted by molar-refractivity contribution is 7.84. The summed E-state index contributed by atoms with van der Waals surface area (Å²) in [6, 6.07) is 4.60. The van der Waals surface area contributed by atoms with Crippen LogP contribution in [0.5, 0.6) is 0 Å². The van der Waals surface area contributed by atoms with Crippen LogP contribution in [0, 0.1) is 5.82 Å². The van der Waals surface area contributed by atoms with Gasteiger partial charge in [0.1, 0.15) is 5.82 Å². The zero-order valence-corrected chi connectivity index (χ0v) is 13.5. The van der Waals surface area contributed by atoms with Gasteiger partial charge >= 0.3 is 0 Å². The molecule has 0 saturated carbocycles. The molecular weight excluding hydrogens is 301 g/mol. The molecule has 2 atom stereocenters. The zero-order chi connectivity index (χ0) is 15.6. The van der Waals surface area contributed by atoms with Crippen molar-refractivity contribution in [3.8, 4) is 0 Å². The van der Waals surface area contributed by atoms with Crippen molar-refractivity contribution in [3.63, 3.8) is 0 Å². The van der Waals surface area contributed by atoms with Crippen LogP contribution in [-0.4, -0.2) is 20.7 Å². The molecule has 0 bridgehead atoms. The van der Waals surface area contributed by atoms with E-state index in [1.165, 1.54) is 6.07 Å². The van der Waals surface area contributed by atoms with E-state index in [-0.39, 0.29) is 11.6 Å². The molecule has 0 saturated heterocycles. The van der Waals surface area contributed by atoms with Gasteiger partial charge in [-0.25, -0.2) is 8.60 Å². The van der Waals surface area contributed by atoms with Crippen molar-refractivity contribution < 1.29 is 13.7 Å². The second-order valence-corrected chi connectivity index (χ2v) is 7.95. The summed E-state index contributed by atoms with van der Waals surface area (Å²) < 4.78 is 24.6. The summed E-state index contributed by atoms with van der Waals surface area (Å²) in [6.07, 6.45) is 0.809. The average Bonchev–Trinajstić information content (AvgIpc) is 2.31. The summed E-state index contributed by atoms with van der Waals surface area (Å²) in [5.41, 5.74) is -0.00123. The summed E-state index contributed by atoms with van der Waals surface area (Å²) in [5, 5.41) is 14.9. The molecule has 0 spiro atoms. The molecule has 0 amide bonds. The van der Waals surface area contributed by atoms with Crippen molar-refractivity contribution in [2.24, 2.45) is 5.14 Å². The van der Waals surface area contributed by atoms with E-state index in [4.69, 9.17) is 16.7 Å². The van der Waals surface area contributed by atoms with Crippen molar-refractivity contribution in [2.75, 3.05) is 6.61 Å². The van der Waals surface area contributed by atoms with Crippen molar-refractivity contribution in [2.45, 2.75) is 43.8 Å². The fourth-order valence-corrected chi connectivity index (χ4v) is 3.36. The number of hydrogen-bond acceptors (Lipinski definition) is 2. The van der Waals surface area contributed by atoms with E-state index >= 15 is 0 Å².